The maximum atomic E-state index is 13.5. The van der Waals surface area contributed by atoms with Gasteiger partial charge in [0, 0.05) is 62.0 Å². The molecule has 4 rings (SSSR count). The number of hydrogen-bond acceptors (Lipinski definition) is 7. The minimum atomic E-state index is -0.311. The van der Waals surface area contributed by atoms with E-state index in [4.69, 9.17) is 4.52 Å². The first kappa shape index (κ1) is 25.6. The molecule has 1 unspecified atom stereocenters. The van der Waals surface area contributed by atoms with Crippen LogP contribution in [0.15, 0.2) is 53.1 Å². The molecule has 1 aliphatic heterocycles. The van der Waals surface area contributed by atoms with Crippen LogP contribution in [0.3, 0.4) is 0 Å². The summed E-state index contributed by atoms with van der Waals surface area (Å²) >= 11 is 0. The lowest BCUT2D eigenvalue weighted by atomic mass is 10.0. The highest BCUT2D eigenvalue weighted by molar-refractivity contribution is 5.87. The molecule has 2 aromatic carbocycles. The lowest BCUT2D eigenvalue weighted by Gasteiger charge is -2.41. The van der Waals surface area contributed by atoms with Crippen molar-refractivity contribution >= 4 is 17.9 Å². The molecule has 0 bridgehead atoms. The second-order valence-electron chi connectivity index (χ2n) is 9.35. The molecule has 1 aliphatic rings. The average Bonchev–Trinajstić information content (AvgIpc) is 3.41. The van der Waals surface area contributed by atoms with Crippen LogP contribution in [0, 0.1) is 0 Å². The van der Waals surface area contributed by atoms with Crippen molar-refractivity contribution in [3.63, 3.8) is 0 Å². The van der Waals surface area contributed by atoms with Crippen molar-refractivity contribution in [1.82, 2.24) is 19.9 Å². The summed E-state index contributed by atoms with van der Waals surface area (Å²) in [7, 11) is 0. The summed E-state index contributed by atoms with van der Waals surface area (Å²) in [6.07, 6.45) is 0.877. The molecule has 0 spiro atoms. The fraction of sp³-hybridized carbons (Fsp3) is 0.429. The summed E-state index contributed by atoms with van der Waals surface area (Å²) in [5.74, 6) is 1.36. The van der Waals surface area contributed by atoms with Crippen LogP contribution in [-0.4, -0.2) is 71.4 Å². The van der Waals surface area contributed by atoms with Gasteiger partial charge in [-0.2, -0.15) is 4.98 Å². The predicted molar refractivity (Wildman–Crippen MR) is 140 cm³/mol. The summed E-state index contributed by atoms with van der Waals surface area (Å²) in [5.41, 5.74) is 3.21. The van der Waals surface area contributed by atoms with Crippen molar-refractivity contribution in [2.75, 3.05) is 44.2 Å². The fourth-order valence-electron chi connectivity index (χ4n) is 4.73. The molecule has 1 aromatic heterocycles. The Hall–Kier alpha value is -3.52. The molecule has 190 valence electrons. The molecule has 0 N–H and O–H groups in total. The maximum absolute atomic E-state index is 13.5. The number of amides is 1. The van der Waals surface area contributed by atoms with E-state index in [1.165, 1.54) is 0 Å². The molecule has 0 radical (unpaired) electrons. The highest BCUT2D eigenvalue weighted by Crippen LogP contribution is 2.30. The normalized spacial score (nSPS) is 15.2. The van der Waals surface area contributed by atoms with E-state index in [9.17, 15) is 9.59 Å². The number of carbonyl (C=O) groups is 2. The first-order chi connectivity index (χ1) is 17.5. The SMILES string of the molecule is CCN(CC)C(=O)C(c1ccccc1)N1CCN(c2ccc(-c3nc(C(C)C)no3)cc2C=O)CC1. The largest absolute Gasteiger partial charge is 0.368 e. The molecule has 3 aromatic rings. The van der Waals surface area contributed by atoms with Gasteiger partial charge < -0.3 is 14.3 Å². The molecule has 1 amide bonds. The number of carbonyl (C=O) groups excluding carboxylic acids is 2. The van der Waals surface area contributed by atoms with Gasteiger partial charge in [-0.3, -0.25) is 14.5 Å². The first-order valence-electron chi connectivity index (χ1n) is 12.7. The Labute approximate surface area is 212 Å². The van der Waals surface area contributed by atoms with Crippen molar-refractivity contribution < 1.29 is 14.1 Å². The van der Waals surface area contributed by atoms with E-state index in [0.717, 1.165) is 23.1 Å². The minimum absolute atomic E-state index is 0.137. The van der Waals surface area contributed by atoms with Gasteiger partial charge in [-0.1, -0.05) is 49.3 Å². The monoisotopic (exact) mass is 489 g/mol. The van der Waals surface area contributed by atoms with E-state index in [2.05, 4.69) is 19.9 Å². The Morgan fingerprint density at radius 1 is 1.06 bits per heavy atom. The molecule has 8 nitrogen and oxygen atoms in total. The van der Waals surface area contributed by atoms with Crippen molar-refractivity contribution in [1.29, 1.82) is 0 Å². The van der Waals surface area contributed by atoms with Crippen LogP contribution in [0.2, 0.25) is 0 Å². The molecular weight excluding hydrogens is 454 g/mol. The Morgan fingerprint density at radius 3 is 2.33 bits per heavy atom. The fourth-order valence-corrected chi connectivity index (χ4v) is 4.73. The molecule has 1 fully saturated rings. The van der Waals surface area contributed by atoms with Gasteiger partial charge in [0.2, 0.25) is 5.91 Å². The van der Waals surface area contributed by atoms with Gasteiger partial charge in [0.05, 0.1) is 0 Å². The molecule has 0 aliphatic carbocycles. The molecule has 1 saturated heterocycles. The smallest absolute Gasteiger partial charge is 0.257 e. The highest BCUT2D eigenvalue weighted by Gasteiger charge is 2.33. The Balaban J connectivity index is 1.52. The number of aldehydes is 1. The number of likely N-dealkylation sites (N-methyl/N-ethyl adjacent to an activating group) is 1. The third-order valence-corrected chi connectivity index (χ3v) is 6.80. The lowest BCUT2D eigenvalue weighted by Crippen LogP contribution is -2.51. The Morgan fingerprint density at radius 2 is 1.75 bits per heavy atom. The van der Waals surface area contributed by atoms with Gasteiger partial charge in [0.1, 0.15) is 6.04 Å². The zero-order valence-corrected chi connectivity index (χ0v) is 21.6. The second kappa shape index (κ2) is 11.5. The van der Waals surface area contributed by atoms with Gasteiger partial charge in [-0.05, 0) is 37.6 Å². The van der Waals surface area contributed by atoms with Gasteiger partial charge in [-0.25, -0.2) is 0 Å². The first-order valence-corrected chi connectivity index (χ1v) is 12.7. The zero-order valence-electron chi connectivity index (χ0n) is 21.6. The van der Waals surface area contributed by atoms with Crippen molar-refractivity contribution in [2.45, 2.75) is 39.7 Å². The number of hydrogen-bond donors (Lipinski definition) is 0. The van der Waals surface area contributed by atoms with E-state index in [1.54, 1.807) is 0 Å². The standard InChI is InChI=1S/C28H35N5O3/c1-5-31(6-2)28(35)25(21-10-8-7-9-11-21)33-16-14-32(15-17-33)24-13-12-22(18-23(24)19-34)27-29-26(20(3)4)30-36-27/h7-13,18-20,25H,5-6,14-17H2,1-4H3. The molecular formula is C28H35N5O3. The summed E-state index contributed by atoms with van der Waals surface area (Å²) in [6.45, 7) is 12.3. The van der Waals surface area contributed by atoms with Gasteiger partial charge in [0.15, 0.2) is 12.1 Å². The van der Waals surface area contributed by atoms with Crippen molar-refractivity contribution in [3.05, 3.63) is 65.5 Å². The van der Waals surface area contributed by atoms with Crippen molar-refractivity contribution in [3.8, 4) is 11.5 Å². The minimum Gasteiger partial charge on any atom is -0.368 e. The summed E-state index contributed by atoms with van der Waals surface area (Å²) < 4.78 is 5.41. The lowest BCUT2D eigenvalue weighted by molar-refractivity contribution is -0.137. The van der Waals surface area contributed by atoms with Crippen LogP contribution < -0.4 is 4.90 Å². The number of nitrogens with zero attached hydrogens (tertiary/aromatic N) is 5. The van der Waals surface area contributed by atoms with Crippen LogP contribution in [0.25, 0.3) is 11.5 Å². The predicted octanol–water partition coefficient (Wildman–Crippen LogP) is 4.40. The van der Waals surface area contributed by atoms with E-state index >= 15 is 0 Å². The van der Waals surface area contributed by atoms with E-state index in [-0.39, 0.29) is 17.9 Å². The number of aromatic nitrogens is 2. The zero-order chi connectivity index (χ0) is 25.7. The highest BCUT2D eigenvalue weighted by atomic mass is 16.5. The van der Waals surface area contributed by atoms with E-state index in [1.807, 2.05) is 81.1 Å². The molecule has 36 heavy (non-hydrogen) atoms. The number of piperazine rings is 1. The number of benzene rings is 2. The number of anilines is 1. The summed E-state index contributed by atoms with van der Waals surface area (Å²) in [4.78, 5) is 36.3. The summed E-state index contributed by atoms with van der Waals surface area (Å²) in [6, 6.07) is 15.4. The van der Waals surface area contributed by atoms with E-state index < -0.39 is 0 Å². The molecule has 0 saturated carbocycles. The van der Waals surface area contributed by atoms with Gasteiger partial charge in [0.25, 0.3) is 5.89 Å². The van der Waals surface area contributed by atoms with Crippen LogP contribution in [0.1, 0.15) is 61.4 Å². The van der Waals surface area contributed by atoms with Crippen LogP contribution in [-0.2, 0) is 4.79 Å². The second-order valence-corrected chi connectivity index (χ2v) is 9.35. The van der Waals surface area contributed by atoms with Gasteiger partial charge >= 0.3 is 0 Å². The quantitative estimate of drug-likeness (QED) is 0.412. The summed E-state index contributed by atoms with van der Waals surface area (Å²) in [5, 5.41) is 4.03. The maximum Gasteiger partial charge on any atom is 0.257 e. The van der Waals surface area contributed by atoms with Crippen LogP contribution in [0.4, 0.5) is 5.69 Å². The van der Waals surface area contributed by atoms with Gasteiger partial charge in [-0.15, -0.1) is 0 Å². The Bertz CT molecular complexity index is 1160. The van der Waals surface area contributed by atoms with Crippen LogP contribution >= 0.6 is 0 Å². The molecule has 2 heterocycles. The third-order valence-electron chi connectivity index (χ3n) is 6.80. The number of rotatable bonds is 9. The topological polar surface area (TPSA) is 82.8 Å². The van der Waals surface area contributed by atoms with Crippen LogP contribution in [0.5, 0.6) is 0 Å². The average molecular weight is 490 g/mol. The third kappa shape index (κ3) is 5.33. The molecule has 1 atom stereocenters. The van der Waals surface area contributed by atoms with E-state index in [0.29, 0.717) is 56.5 Å². The van der Waals surface area contributed by atoms with Crippen molar-refractivity contribution in [2.24, 2.45) is 0 Å². The molecule has 8 heteroatoms. The Kier molecular flexibility index (Phi) is 8.15.